The Morgan fingerprint density at radius 3 is 2.79 bits per heavy atom. The maximum Gasteiger partial charge on any atom is 0.118 e. The van der Waals surface area contributed by atoms with Crippen molar-refractivity contribution in [3.05, 3.63) is 39.7 Å². The summed E-state index contributed by atoms with van der Waals surface area (Å²) in [6, 6.07) is 4.09. The molecule has 5 heteroatoms. The van der Waals surface area contributed by atoms with Gasteiger partial charge < -0.3 is 9.73 Å². The molecule has 0 bridgehead atoms. The summed E-state index contributed by atoms with van der Waals surface area (Å²) in [5.74, 6) is 2.00. The molecule has 0 fully saturated rings. The lowest BCUT2D eigenvalue weighted by Gasteiger charge is -2.13. The molecule has 0 saturated heterocycles. The third kappa shape index (κ3) is 4.45. The average molecular weight is 279 g/mol. The van der Waals surface area contributed by atoms with Crippen molar-refractivity contribution in [1.29, 1.82) is 0 Å². The second-order valence-electron chi connectivity index (χ2n) is 4.68. The van der Waals surface area contributed by atoms with Crippen molar-refractivity contribution < 1.29 is 4.42 Å². The van der Waals surface area contributed by atoms with Crippen LogP contribution in [-0.2, 0) is 19.6 Å². The fourth-order valence-corrected chi connectivity index (χ4v) is 2.53. The Labute approximate surface area is 118 Å². The molecule has 4 nitrogen and oxygen atoms in total. The van der Waals surface area contributed by atoms with Crippen LogP contribution in [-0.4, -0.2) is 23.5 Å². The van der Waals surface area contributed by atoms with Gasteiger partial charge in [0.25, 0.3) is 0 Å². The Morgan fingerprint density at radius 1 is 1.32 bits per heavy atom. The summed E-state index contributed by atoms with van der Waals surface area (Å²) in [5, 5.41) is 6.49. The molecule has 2 heterocycles. The summed E-state index contributed by atoms with van der Waals surface area (Å²) in [5.41, 5.74) is 1.13. The van der Waals surface area contributed by atoms with E-state index in [1.165, 1.54) is 0 Å². The number of nitrogens with zero attached hydrogens (tertiary/aromatic N) is 2. The Kier molecular flexibility index (Phi) is 5.13. The number of aromatic nitrogens is 1. The van der Waals surface area contributed by atoms with E-state index < -0.39 is 0 Å². The standard InChI is InChI=1S/C14H21N3OS/c1-4-15-7-13-5-6-14(18-13)9-17(3)8-12-10-19-11(2)16-12/h5-6,10,15H,4,7-9H2,1-3H3. The van der Waals surface area contributed by atoms with Gasteiger partial charge in [-0.25, -0.2) is 4.98 Å². The molecule has 0 spiro atoms. The molecule has 2 aromatic rings. The fourth-order valence-electron chi connectivity index (χ4n) is 1.93. The Balaban J connectivity index is 1.84. The zero-order valence-corrected chi connectivity index (χ0v) is 12.6. The van der Waals surface area contributed by atoms with Crippen LogP contribution < -0.4 is 5.32 Å². The Hall–Kier alpha value is -1.17. The van der Waals surface area contributed by atoms with E-state index in [-0.39, 0.29) is 0 Å². The minimum Gasteiger partial charge on any atom is -0.463 e. The zero-order valence-electron chi connectivity index (χ0n) is 11.8. The molecule has 0 unspecified atom stereocenters. The van der Waals surface area contributed by atoms with Gasteiger partial charge in [-0.3, -0.25) is 4.90 Å². The van der Waals surface area contributed by atoms with Crippen LogP contribution in [0.2, 0.25) is 0 Å². The first-order chi connectivity index (χ1) is 9.17. The number of aryl methyl sites for hydroxylation is 1. The van der Waals surface area contributed by atoms with Crippen molar-refractivity contribution in [3.8, 4) is 0 Å². The van der Waals surface area contributed by atoms with E-state index in [0.29, 0.717) is 0 Å². The molecule has 2 rings (SSSR count). The van der Waals surface area contributed by atoms with Gasteiger partial charge in [-0.1, -0.05) is 6.92 Å². The van der Waals surface area contributed by atoms with Crippen LogP contribution in [0.3, 0.4) is 0 Å². The van der Waals surface area contributed by atoms with E-state index in [2.05, 4.69) is 40.6 Å². The maximum atomic E-state index is 5.78. The molecule has 0 saturated carbocycles. The van der Waals surface area contributed by atoms with Crippen LogP contribution >= 0.6 is 11.3 Å². The molecule has 0 radical (unpaired) electrons. The molecule has 0 aromatic carbocycles. The molecule has 0 amide bonds. The first-order valence-electron chi connectivity index (χ1n) is 6.55. The van der Waals surface area contributed by atoms with Crippen molar-refractivity contribution in [3.63, 3.8) is 0 Å². The predicted molar refractivity (Wildman–Crippen MR) is 78.1 cm³/mol. The fraction of sp³-hybridized carbons (Fsp3) is 0.500. The van der Waals surface area contributed by atoms with Gasteiger partial charge in [-0.15, -0.1) is 11.3 Å². The smallest absolute Gasteiger partial charge is 0.118 e. The number of furan rings is 1. The highest BCUT2D eigenvalue weighted by atomic mass is 32.1. The Morgan fingerprint density at radius 2 is 2.11 bits per heavy atom. The highest BCUT2D eigenvalue weighted by molar-refractivity contribution is 7.09. The molecule has 0 atom stereocenters. The van der Waals surface area contributed by atoms with E-state index in [9.17, 15) is 0 Å². The summed E-state index contributed by atoms with van der Waals surface area (Å²) in [7, 11) is 2.08. The van der Waals surface area contributed by atoms with Crippen LogP contribution in [0, 0.1) is 6.92 Å². The predicted octanol–water partition coefficient (Wildman–Crippen LogP) is 2.79. The third-order valence-electron chi connectivity index (χ3n) is 2.79. The quantitative estimate of drug-likeness (QED) is 0.846. The third-order valence-corrected chi connectivity index (χ3v) is 3.61. The van der Waals surface area contributed by atoms with Crippen molar-refractivity contribution in [2.24, 2.45) is 0 Å². The van der Waals surface area contributed by atoms with Gasteiger partial charge in [-0.05, 0) is 32.6 Å². The van der Waals surface area contributed by atoms with Crippen LogP contribution in [0.15, 0.2) is 21.9 Å². The van der Waals surface area contributed by atoms with Crippen LogP contribution in [0.25, 0.3) is 0 Å². The van der Waals surface area contributed by atoms with Gasteiger partial charge >= 0.3 is 0 Å². The molecule has 104 valence electrons. The average Bonchev–Trinajstić information content (AvgIpc) is 2.96. The minimum absolute atomic E-state index is 0.797. The van der Waals surface area contributed by atoms with E-state index in [1.807, 2.05) is 13.0 Å². The lowest BCUT2D eigenvalue weighted by molar-refractivity contribution is 0.280. The van der Waals surface area contributed by atoms with Crippen molar-refractivity contribution in [2.45, 2.75) is 33.5 Å². The number of hydrogen-bond donors (Lipinski definition) is 1. The first-order valence-corrected chi connectivity index (χ1v) is 7.43. The minimum atomic E-state index is 0.797. The largest absolute Gasteiger partial charge is 0.463 e. The summed E-state index contributed by atoms with van der Waals surface area (Å²) in [4.78, 5) is 6.69. The number of thiazole rings is 1. The van der Waals surface area contributed by atoms with Gasteiger partial charge in [0.2, 0.25) is 0 Å². The molecular formula is C14H21N3OS. The second-order valence-corrected chi connectivity index (χ2v) is 5.74. The van der Waals surface area contributed by atoms with Crippen LogP contribution in [0.1, 0.15) is 29.1 Å². The highest BCUT2D eigenvalue weighted by Crippen LogP contribution is 2.13. The first kappa shape index (κ1) is 14.2. The van der Waals surface area contributed by atoms with Gasteiger partial charge in [0.15, 0.2) is 0 Å². The van der Waals surface area contributed by atoms with E-state index in [1.54, 1.807) is 11.3 Å². The Bertz CT molecular complexity index is 506. The topological polar surface area (TPSA) is 41.3 Å². The van der Waals surface area contributed by atoms with Gasteiger partial charge in [0.05, 0.1) is 23.8 Å². The number of nitrogens with one attached hydrogen (secondary N) is 1. The summed E-state index contributed by atoms with van der Waals surface area (Å²) >= 11 is 1.70. The van der Waals surface area contributed by atoms with Crippen molar-refractivity contribution in [2.75, 3.05) is 13.6 Å². The van der Waals surface area contributed by atoms with Crippen molar-refractivity contribution in [1.82, 2.24) is 15.2 Å². The normalized spacial score (nSPS) is 11.4. The highest BCUT2D eigenvalue weighted by Gasteiger charge is 2.07. The molecule has 0 aliphatic heterocycles. The molecule has 1 N–H and O–H groups in total. The number of rotatable bonds is 7. The van der Waals surface area contributed by atoms with Gasteiger partial charge in [0.1, 0.15) is 11.5 Å². The lowest BCUT2D eigenvalue weighted by atomic mass is 10.3. The van der Waals surface area contributed by atoms with Crippen LogP contribution in [0.5, 0.6) is 0 Å². The molecule has 19 heavy (non-hydrogen) atoms. The van der Waals surface area contributed by atoms with E-state index in [4.69, 9.17) is 4.42 Å². The summed E-state index contributed by atoms with van der Waals surface area (Å²) in [6.07, 6.45) is 0. The van der Waals surface area contributed by atoms with Gasteiger partial charge in [0, 0.05) is 11.9 Å². The summed E-state index contributed by atoms with van der Waals surface area (Å²) < 4.78 is 5.78. The molecule has 0 aliphatic carbocycles. The van der Waals surface area contributed by atoms with E-state index >= 15 is 0 Å². The molecular weight excluding hydrogens is 258 g/mol. The SMILES string of the molecule is CCNCc1ccc(CN(C)Cc2csc(C)n2)o1. The van der Waals surface area contributed by atoms with Gasteiger partial charge in [-0.2, -0.15) is 0 Å². The number of hydrogen-bond acceptors (Lipinski definition) is 5. The van der Waals surface area contributed by atoms with Crippen LogP contribution in [0.4, 0.5) is 0 Å². The van der Waals surface area contributed by atoms with Crippen molar-refractivity contribution >= 4 is 11.3 Å². The summed E-state index contributed by atoms with van der Waals surface area (Å²) in [6.45, 7) is 7.54. The zero-order chi connectivity index (χ0) is 13.7. The monoisotopic (exact) mass is 279 g/mol. The lowest BCUT2D eigenvalue weighted by Crippen LogP contribution is -2.17. The molecule has 2 aromatic heterocycles. The molecule has 0 aliphatic rings. The maximum absolute atomic E-state index is 5.78. The van der Waals surface area contributed by atoms with E-state index in [0.717, 1.165) is 48.4 Å². The second kappa shape index (κ2) is 6.84.